The molecule has 0 saturated carbocycles. The SMILES string of the molecule is Cc1cc(C)cc(COCCC#Cc2ccc(CCC(C)(N)CO)s2)c1. The molecule has 0 aliphatic carbocycles. The van der Waals surface area contributed by atoms with Crippen LogP contribution in [0.4, 0.5) is 0 Å². The zero-order valence-corrected chi connectivity index (χ0v) is 16.8. The van der Waals surface area contributed by atoms with Crippen LogP contribution in [0, 0.1) is 25.7 Å². The number of aliphatic hydroxyl groups excluding tert-OH is 1. The van der Waals surface area contributed by atoms with Crippen molar-refractivity contribution in [2.45, 2.75) is 52.2 Å². The lowest BCUT2D eigenvalue weighted by atomic mass is 9.98. The number of hydrogen-bond donors (Lipinski definition) is 2. The Morgan fingerprint density at radius 2 is 1.92 bits per heavy atom. The molecule has 4 heteroatoms. The van der Waals surface area contributed by atoms with Crippen LogP contribution in [-0.4, -0.2) is 23.9 Å². The third-order valence-corrected chi connectivity index (χ3v) is 5.16. The van der Waals surface area contributed by atoms with Crippen LogP contribution in [0.5, 0.6) is 0 Å². The Kier molecular flexibility index (Phi) is 7.86. The van der Waals surface area contributed by atoms with Gasteiger partial charge in [0.1, 0.15) is 0 Å². The molecule has 1 aromatic heterocycles. The predicted octanol–water partition coefficient (Wildman–Crippen LogP) is 3.97. The van der Waals surface area contributed by atoms with Crippen molar-refractivity contribution < 1.29 is 9.84 Å². The van der Waals surface area contributed by atoms with Gasteiger partial charge in [0, 0.05) is 16.8 Å². The molecule has 0 aliphatic rings. The van der Waals surface area contributed by atoms with Crippen molar-refractivity contribution >= 4 is 11.3 Å². The molecule has 0 aliphatic heterocycles. The average molecular weight is 372 g/mol. The van der Waals surface area contributed by atoms with Crippen molar-refractivity contribution in [1.82, 2.24) is 0 Å². The minimum absolute atomic E-state index is 0.00710. The number of hydrogen-bond acceptors (Lipinski definition) is 4. The molecule has 3 N–H and O–H groups in total. The lowest BCUT2D eigenvalue weighted by Gasteiger charge is -2.20. The van der Waals surface area contributed by atoms with E-state index in [0.717, 1.165) is 24.1 Å². The highest BCUT2D eigenvalue weighted by Gasteiger charge is 2.16. The highest BCUT2D eigenvalue weighted by Crippen LogP contribution is 2.19. The quantitative estimate of drug-likeness (QED) is 0.545. The molecule has 1 atom stereocenters. The largest absolute Gasteiger partial charge is 0.394 e. The molecular formula is C22H29NO2S. The molecule has 2 rings (SSSR count). The van der Waals surface area contributed by atoms with Gasteiger partial charge in [-0.15, -0.1) is 11.3 Å². The molecule has 0 bridgehead atoms. The highest BCUT2D eigenvalue weighted by atomic mass is 32.1. The first-order chi connectivity index (χ1) is 12.4. The molecule has 0 fully saturated rings. The van der Waals surface area contributed by atoms with Crippen LogP contribution in [0.25, 0.3) is 0 Å². The Morgan fingerprint density at radius 1 is 1.19 bits per heavy atom. The van der Waals surface area contributed by atoms with E-state index in [1.165, 1.54) is 21.6 Å². The standard InChI is InChI=1S/C22H29NO2S/c1-17-12-18(2)14-19(13-17)15-25-11-5-4-6-20-7-8-21(26-20)9-10-22(3,23)16-24/h7-8,12-14,24H,5,9-11,15-16,23H2,1-3H3. The Balaban J connectivity index is 1.71. The van der Waals surface area contributed by atoms with Crippen molar-refractivity contribution in [2.75, 3.05) is 13.2 Å². The van der Waals surface area contributed by atoms with Gasteiger partial charge in [0.2, 0.25) is 0 Å². The van der Waals surface area contributed by atoms with E-state index in [-0.39, 0.29) is 6.61 Å². The summed E-state index contributed by atoms with van der Waals surface area (Å²) in [6, 6.07) is 10.6. The van der Waals surface area contributed by atoms with Crippen LogP contribution in [-0.2, 0) is 17.8 Å². The maximum Gasteiger partial charge on any atom is 0.0771 e. The third-order valence-electron chi connectivity index (χ3n) is 4.10. The summed E-state index contributed by atoms with van der Waals surface area (Å²) in [6.07, 6.45) is 2.37. The summed E-state index contributed by atoms with van der Waals surface area (Å²) in [5, 5.41) is 9.21. The Hall–Kier alpha value is -1.64. The number of benzene rings is 1. The molecule has 1 aromatic carbocycles. The highest BCUT2D eigenvalue weighted by molar-refractivity contribution is 7.12. The fraction of sp³-hybridized carbons (Fsp3) is 0.455. The topological polar surface area (TPSA) is 55.5 Å². The molecule has 2 aromatic rings. The average Bonchev–Trinajstić information content (AvgIpc) is 3.03. The summed E-state index contributed by atoms with van der Waals surface area (Å²) in [7, 11) is 0. The zero-order valence-electron chi connectivity index (χ0n) is 16.0. The van der Waals surface area contributed by atoms with Gasteiger partial charge in [-0.3, -0.25) is 0 Å². The first-order valence-corrected chi connectivity index (χ1v) is 9.82. The van der Waals surface area contributed by atoms with Gasteiger partial charge in [0.05, 0.1) is 24.7 Å². The van der Waals surface area contributed by atoms with Gasteiger partial charge in [0.15, 0.2) is 0 Å². The minimum atomic E-state index is -0.511. The fourth-order valence-electron chi connectivity index (χ4n) is 2.68. The number of aliphatic hydroxyl groups is 1. The lowest BCUT2D eigenvalue weighted by molar-refractivity contribution is 0.126. The lowest BCUT2D eigenvalue weighted by Crippen LogP contribution is -2.40. The minimum Gasteiger partial charge on any atom is -0.394 e. The Bertz CT molecular complexity index is 748. The van der Waals surface area contributed by atoms with E-state index >= 15 is 0 Å². The smallest absolute Gasteiger partial charge is 0.0771 e. The maximum atomic E-state index is 9.21. The fourth-order valence-corrected chi connectivity index (χ4v) is 3.56. The van der Waals surface area contributed by atoms with Crippen LogP contribution >= 0.6 is 11.3 Å². The van der Waals surface area contributed by atoms with E-state index in [1.54, 1.807) is 11.3 Å². The number of ether oxygens (including phenoxy) is 1. The zero-order chi connectivity index (χ0) is 19.0. The molecule has 1 unspecified atom stereocenters. The first-order valence-electron chi connectivity index (χ1n) is 9.00. The molecule has 3 nitrogen and oxygen atoms in total. The summed E-state index contributed by atoms with van der Waals surface area (Å²) in [5.41, 5.74) is 9.21. The monoisotopic (exact) mass is 371 g/mol. The number of thiophene rings is 1. The van der Waals surface area contributed by atoms with Gasteiger partial charge >= 0.3 is 0 Å². The van der Waals surface area contributed by atoms with E-state index in [9.17, 15) is 5.11 Å². The molecule has 0 amide bonds. The van der Waals surface area contributed by atoms with E-state index < -0.39 is 5.54 Å². The number of nitrogens with two attached hydrogens (primary N) is 1. The number of rotatable bonds is 8. The van der Waals surface area contributed by atoms with Crippen LogP contribution in [0.15, 0.2) is 30.3 Å². The van der Waals surface area contributed by atoms with E-state index in [0.29, 0.717) is 13.2 Å². The Labute approximate surface area is 161 Å². The van der Waals surface area contributed by atoms with Crippen LogP contribution in [0.1, 0.15) is 46.2 Å². The molecule has 0 spiro atoms. The summed E-state index contributed by atoms with van der Waals surface area (Å²) in [5.74, 6) is 6.38. The van der Waals surface area contributed by atoms with Crippen LogP contribution in [0.3, 0.4) is 0 Å². The summed E-state index contributed by atoms with van der Waals surface area (Å²) < 4.78 is 5.72. The molecule has 0 saturated heterocycles. The van der Waals surface area contributed by atoms with Gasteiger partial charge in [-0.05, 0) is 51.3 Å². The van der Waals surface area contributed by atoms with E-state index in [4.69, 9.17) is 10.5 Å². The second-order valence-electron chi connectivity index (χ2n) is 7.18. The predicted molar refractivity (Wildman–Crippen MR) is 109 cm³/mol. The van der Waals surface area contributed by atoms with Crippen molar-refractivity contribution in [3.8, 4) is 11.8 Å². The number of aryl methyl sites for hydroxylation is 3. The molecular weight excluding hydrogens is 342 g/mol. The van der Waals surface area contributed by atoms with Gasteiger partial charge < -0.3 is 15.6 Å². The molecule has 0 radical (unpaired) electrons. The van der Waals surface area contributed by atoms with Gasteiger partial charge in [0.25, 0.3) is 0 Å². The molecule has 26 heavy (non-hydrogen) atoms. The molecule has 1 heterocycles. The van der Waals surface area contributed by atoms with Crippen molar-refractivity contribution in [3.63, 3.8) is 0 Å². The van der Waals surface area contributed by atoms with Crippen LogP contribution < -0.4 is 5.73 Å². The van der Waals surface area contributed by atoms with E-state index in [2.05, 4.69) is 56.0 Å². The van der Waals surface area contributed by atoms with Crippen molar-refractivity contribution in [3.05, 3.63) is 56.8 Å². The normalized spacial score (nSPS) is 13.1. The van der Waals surface area contributed by atoms with E-state index in [1.807, 2.05) is 6.92 Å². The maximum absolute atomic E-state index is 9.21. The van der Waals surface area contributed by atoms with Gasteiger partial charge in [-0.25, -0.2) is 0 Å². The Morgan fingerprint density at radius 3 is 2.62 bits per heavy atom. The van der Waals surface area contributed by atoms with Crippen molar-refractivity contribution in [1.29, 1.82) is 0 Å². The summed E-state index contributed by atoms with van der Waals surface area (Å²) in [4.78, 5) is 2.32. The summed E-state index contributed by atoms with van der Waals surface area (Å²) >= 11 is 1.70. The summed E-state index contributed by atoms with van der Waals surface area (Å²) in [6.45, 7) is 7.37. The van der Waals surface area contributed by atoms with Crippen molar-refractivity contribution in [2.24, 2.45) is 5.73 Å². The van der Waals surface area contributed by atoms with Gasteiger partial charge in [-0.2, -0.15) is 0 Å². The second-order valence-corrected chi connectivity index (χ2v) is 8.35. The third kappa shape index (κ3) is 7.31. The van der Waals surface area contributed by atoms with Crippen LogP contribution in [0.2, 0.25) is 0 Å². The second kappa shape index (κ2) is 9.89. The first kappa shape index (κ1) is 20.7. The molecule has 140 valence electrons. The van der Waals surface area contributed by atoms with Gasteiger partial charge in [-0.1, -0.05) is 41.2 Å².